The van der Waals surface area contributed by atoms with E-state index >= 15 is 0 Å². The molecule has 0 heterocycles. The standard InChI is InChI=1S/C16H17ClN2S.C4H10/c1-11-7-9-14(10-8-11)20-19-18-13(3)16-12(2)5-4-6-15(16)17;1-3-4-2/h4-10,19H,1-3H3;3-4H2,1-2H3/b18-13-;. The third-order valence-corrected chi connectivity index (χ3v) is 4.49. The molecule has 0 unspecified atom stereocenters. The van der Waals surface area contributed by atoms with Crippen LogP contribution >= 0.6 is 23.5 Å². The number of aryl methyl sites for hydroxylation is 2. The van der Waals surface area contributed by atoms with Crippen LogP contribution in [0.25, 0.3) is 0 Å². The van der Waals surface area contributed by atoms with Gasteiger partial charge in [-0.1, -0.05) is 68.1 Å². The highest BCUT2D eigenvalue weighted by Gasteiger charge is 2.06. The van der Waals surface area contributed by atoms with Gasteiger partial charge in [0.05, 0.1) is 5.71 Å². The van der Waals surface area contributed by atoms with E-state index in [0.29, 0.717) is 0 Å². The molecule has 2 rings (SSSR count). The maximum absolute atomic E-state index is 6.22. The second kappa shape index (κ2) is 11.2. The number of hydrogen-bond acceptors (Lipinski definition) is 3. The first-order valence-electron chi connectivity index (χ1n) is 8.27. The highest BCUT2D eigenvalue weighted by atomic mass is 35.5. The topological polar surface area (TPSA) is 24.4 Å². The van der Waals surface area contributed by atoms with Crippen molar-refractivity contribution in [2.24, 2.45) is 5.10 Å². The fourth-order valence-electron chi connectivity index (χ4n) is 1.90. The van der Waals surface area contributed by atoms with Crippen LogP contribution in [0.3, 0.4) is 0 Å². The van der Waals surface area contributed by atoms with Gasteiger partial charge < -0.3 is 0 Å². The normalized spacial score (nSPS) is 10.8. The number of halogens is 1. The van der Waals surface area contributed by atoms with Crippen molar-refractivity contribution in [3.05, 3.63) is 64.2 Å². The van der Waals surface area contributed by atoms with Crippen molar-refractivity contribution in [1.29, 1.82) is 0 Å². The van der Waals surface area contributed by atoms with Crippen molar-refractivity contribution < 1.29 is 0 Å². The molecule has 0 aliphatic rings. The summed E-state index contributed by atoms with van der Waals surface area (Å²) >= 11 is 7.71. The summed E-state index contributed by atoms with van der Waals surface area (Å²) < 4.78 is 0. The summed E-state index contributed by atoms with van der Waals surface area (Å²) in [5.41, 5.74) is 4.25. The maximum Gasteiger partial charge on any atom is 0.0672 e. The van der Waals surface area contributed by atoms with E-state index in [1.54, 1.807) is 0 Å². The van der Waals surface area contributed by atoms with Gasteiger partial charge in [0.15, 0.2) is 0 Å². The van der Waals surface area contributed by atoms with Gasteiger partial charge in [-0.3, -0.25) is 0 Å². The molecule has 1 N–H and O–H groups in total. The predicted octanol–water partition coefficient (Wildman–Crippen LogP) is 6.78. The van der Waals surface area contributed by atoms with Crippen LogP contribution in [0.5, 0.6) is 0 Å². The quantitative estimate of drug-likeness (QED) is 0.360. The Labute approximate surface area is 155 Å². The van der Waals surface area contributed by atoms with Crippen LogP contribution in [0.4, 0.5) is 0 Å². The smallest absolute Gasteiger partial charge is 0.0672 e. The van der Waals surface area contributed by atoms with Gasteiger partial charge in [-0.05, 0) is 44.5 Å². The van der Waals surface area contributed by atoms with Gasteiger partial charge in [0.25, 0.3) is 0 Å². The second-order valence-corrected chi connectivity index (χ2v) is 6.90. The van der Waals surface area contributed by atoms with Crippen molar-refractivity contribution in [3.63, 3.8) is 0 Å². The lowest BCUT2D eigenvalue weighted by molar-refractivity contribution is 0.886. The highest BCUT2D eigenvalue weighted by molar-refractivity contribution is 7.97. The van der Waals surface area contributed by atoms with Crippen LogP contribution in [-0.4, -0.2) is 5.71 Å². The van der Waals surface area contributed by atoms with E-state index in [-0.39, 0.29) is 0 Å². The molecule has 0 saturated heterocycles. The molecule has 2 aromatic carbocycles. The number of nitrogens with zero attached hydrogens (tertiary/aromatic N) is 1. The fraction of sp³-hybridized carbons (Fsp3) is 0.350. The second-order valence-electron chi connectivity index (χ2n) is 5.64. The SMILES string of the molecule is C/C(=N/NSc1ccc(C)cc1)c1c(C)cccc1Cl.CCCC. The minimum Gasteiger partial charge on any atom is -0.247 e. The molecule has 0 aromatic heterocycles. The summed E-state index contributed by atoms with van der Waals surface area (Å²) in [4.78, 5) is 4.15. The summed E-state index contributed by atoms with van der Waals surface area (Å²) in [6, 6.07) is 14.2. The van der Waals surface area contributed by atoms with E-state index in [2.05, 4.69) is 55.0 Å². The molecule has 130 valence electrons. The lowest BCUT2D eigenvalue weighted by atomic mass is 10.1. The Balaban J connectivity index is 0.000000648. The zero-order chi connectivity index (χ0) is 17.9. The van der Waals surface area contributed by atoms with Crippen molar-refractivity contribution >= 4 is 29.3 Å². The third kappa shape index (κ3) is 6.98. The van der Waals surface area contributed by atoms with E-state index < -0.39 is 0 Å². The monoisotopic (exact) mass is 362 g/mol. The Morgan fingerprint density at radius 3 is 2.21 bits per heavy atom. The predicted molar refractivity (Wildman–Crippen MR) is 109 cm³/mol. The largest absolute Gasteiger partial charge is 0.247 e. The van der Waals surface area contributed by atoms with Gasteiger partial charge in [0, 0.05) is 27.4 Å². The summed E-state index contributed by atoms with van der Waals surface area (Å²) in [6.07, 6.45) is 2.64. The number of unbranched alkanes of at least 4 members (excludes halogenated alkanes) is 1. The summed E-state index contributed by atoms with van der Waals surface area (Å²) in [5, 5.41) is 5.11. The lowest BCUT2D eigenvalue weighted by Crippen LogP contribution is -2.04. The Morgan fingerprint density at radius 1 is 1.04 bits per heavy atom. The van der Waals surface area contributed by atoms with Crippen molar-refractivity contribution in [2.75, 3.05) is 0 Å². The van der Waals surface area contributed by atoms with Gasteiger partial charge in [0.2, 0.25) is 0 Å². The molecule has 0 spiro atoms. The van der Waals surface area contributed by atoms with Gasteiger partial charge >= 0.3 is 0 Å². The summed E-state index contributed by atoms with van der Waals surface area (Å²) in [7, 11) is 0. The Hall–Kier alpha value is -1.45. The Bertz CT molecular complexity index is 629. The summed E-state index contributed by atoms with van der Waals surface area (Å²) in [6.45, 7) is 10.4. The molecule has 0 bridgehead atoms. The van der Waals surface area contributed by atoms with E-state index in [0.717, 1.165) is 26.8 Å². The number of hydrazone groups is 1. The Morgan fingerprint density at radius 2 is 1.67 bits per heavy atom. The molecule has 2 nitrogen and oxygen atoms in total. The average molecular weight is 363 g/mol. The highest BCUT2D eigenvalue weighted by Crippen LogP contribution is 2.21. The minimum absolute atomic E-state index is 0.730. The molecule has 24 heavy (non-hydrogen) atoms. The molecular weight excluding hydrogens is 336 g/mol. The zero-order valence-electron chi connectivity index (χ0n) is 15.2. The molecule has 2 aromatic rings. The number of nitrogens with one attached hydrogen (secondary N) is 1. The fourth-order valence-corrected chi connectivity index (χ4v) is 2.82. The molecule has 0 radical (unpaired) electrons. The summed E-state index contributed by atoms with van der Waals surface area (Å²) in [5.74, 6) is 0. The van der Waals surface area contributed by atoms with E-state index in [1.807, 2.05) is 32.0 Å². The Kier molecular flexibility index (Phi) is 9.58. The molecule has 0 saturated carbocycles. The van der Waals surface area contributed by atoms with Gasteiger partial charge in [0.1, 0.15) is 0 Å². The molecule has 4 heteroatoms. The van der Waals surface area contributed by atoms with Crippen molar-refractivity contribution in [2.45, 2.75) is 52.4 Å². The van der Waals surface area contributed by atoms with Crippen LogP contribution in [0, 0.1) is 13.8 Å². The average Bonchev–Trinajstić information content (AvgIpc) is 2.57. The molecule has 0 aliphatic carbocycles. The molecule has 0 amide bonds. The minimum atomic E-state index is 0.730. The van der Waals surface area contributed by atoms with Gasteiger partial charge in [-0.2, -0.15) is 5.10 Å². The number of rotatable bonds is 5. The van der Waals surface area contributed by atoms with Gasteiger partial charge in [-0.25, -0.2) is 4.83 Å². The number of benzene rings is 2. The van der Waals surface area contributed by atoms with E-state index in [9.17, 15) is 0 Å². The van der Waals surface area contributed by atoms with Crippen molar-refractivity contribution in [1.82, 2.24) is 4.83 Å². The van der Waals surface area contributed by atoms with Crippen LogP contribution in [0.2, 0.25) is 5.02 Å². The van der Waals surface area contributed by atoms with Crippen molar-refractivity contribution in [3.8, 4) is 0 Å². The van der Waals surface area contributed by atoms with Gasteiger partial charge in [-0.15, -0.1) is 0 Å². The molecule has 0 atom stereocenters. The molecule has 0 fully saturated rings. The first kappa shape index (κ1) is 20.6. The zero-order valence-corrected chi connectivity index (χ0v) is 16.8. The van der Waals surface area contributed by atoms with Crippen LogP contribution in [0.1, 0.15) is 50.3 Å². The maximum atomic E-state index is 6.22. The van der Waals surface area contributed by atoms with E-state index in [1.165, 1.54) is 30.4 Å². The first-order chi connectivity index (χ1) is 11.5. The van der Waals surface area contributed by atoms with Crippen LogP contribution in [-0.2, 0) is 0 Å². The first-order valence-corrected chi connectivity index (χ1v) is 9.47. The van der Waals surface area contributed by atoms with Crippen LogP contribution < -0.4 is 4.83 Å². The lowest BCUT2D eigenvalue weighted by Gasteiger charge is -2.08. The number of hydrogen-bond donors (Lipinski definition) is 1. The molecular formula is C20H27ClN2S. The van der Waals surface area contributed by atoms with E-state index in [4.69, 9.17) is 11.6 Å². The third-order valence-electron chi connectivity index (χ3n) is 3.48. The molecule has 0 aliphatic heterocycles. The van der Waals surface area contributed by atoms with Crippen LogP contribution in [0.15, 0.2) is 52.5 Å².